The highest BCUT2D eigenvalue weighted by Crippen LogP contribution is 1.84. The van der Waals surface area contributed by atoms with Crippen LogP contribution in [0.2, 0.25) is 0 Å². The fourth-order valence-corrected chi connectivity index (χ4v) is 0.530. The Morgan fingerprint density at radius 3 is 2.44 bits per heavy atom. The summed E-state index contributed by atoms with van der Waals surface area (Å²) in [6, 6.07) is -0.453. The predicted octanol–water partition coefficient (Wildman–Crippen LogP) is -0.455. The van der Waals surface area contributed by atoms with Crippen molar-refractivity contribution >= 4 is 18.7 Å². The molecule has 0 fully saturated rings. The van der Waals surface area contributed by atoms with E-state index in [1.807, 2.05) is 0 Å². The van der Waals surface area contributed by atoms with Crippen LogP contribution in [-0.4, -0.2) is 34.7 Å². The molecule has 1 atom stereocenters. The lowest BCUT2D eigenvalue weighted by Gasteiger charge is -2.08. The van der Waals surface area contributed by atoms with E-state index < -0.39 is 12.1 Å². The fraction of sp³-hybridized carbons (Fsp3) is 0.750. The van der Waals surface area contributed by atoms with Gasteiger partial charge >= 0.3 is 6.09 Å². The van der Waals surface area contributed by atoms with Crippen LogP contribution in [0.4, 0.5) is 4.79 Å². The van der Waals surface area contributed by atoms with Crippen molar-refractivity contribution in [3.8, 4) is 0 Å². The maximum atomic E-state index is 9.87. The monoisotopic (exact) mass is 151 g/mol. The van der Waals surface area contributed by atoms with Gasteiger partial charge in [0.1, 0.15) is 0 Å². The van der Waals surface area contributed by atoms with Crippen LogP contribution in [-0.2, 0) is 0 Å². The summed E-state index contributed by atoms with van der Waals surface area (Å²) in [5, 5.41) is 18.6. The third-order valence-corrected chi connectivity index (χ3v) is 1.21. The number of carbonyl (C=O) groups is 1. The zero-order valence-electron chi connectivity index (χ0n) is 4.74. The van der Waals surface area contributed by atoms with Crippen molar-refractivity contribution in [2.24, 2.45) is 0 Å². The molecule has 0 aliphatic carbocycles. The Hall–Kier alpha value is -0.420. The molecule has 0 heterocycles. The second-order valence-electron chi connectivity index (χ2n) is 1.51. The minimum absolute atomic E-state index is 0.212. The first-order valence-corrected chi connectivity index (χ1v) is 3.05. The first kappa shape index (κ1) is 8.58. The molecule has 0 aliphatic heterocycles. The van der Waals surface area contributed by atoms with Gasteiger partial charge in [0.25, 0.3) is 0 Å². The van der Waals surface area contributed by atoms with Crippen LogP contribution in [0.25, 0.3) is 0 Å². The molecule has 0 aromatic heterocycles. The quantitative estimate of drug-likeness (QED) is 0.413. The Kier molecular flexibility index (Phi) is 4.25. The molecule has 4 nitrogen and oxygen atoms in total. The average Bonchev–Trinajstić information content (AvgIpc) is 1.82. The number of hydrogen-bond donors (Lipinski definition) is 4. The Bertz CT molecular complexity index is 93.8. The van der Waals surface area contributed by atoms with E-state index in [0.717, 1.165) is 0 Å². The number of rotatable bonds is 3. The summed E-state index contributed by atoms with van der Waals surface area (Å²) in [5.74, 6) is 0.308. The molecular weight excluding hydrogens is 142 g/mol. The summed E-state index contributed by atoms with van der Waals surface area (Å²) in [4.78, 5) is 9.87. The molecule has 0 aliphatic rings. The van der Waals surface area contributed by atoms with Gasteiger partial charge in [0, 0.05) is 5.75 Å². The van der Waals surface area contributed by atoms with Gasteiger partial charge in [0.15, 0.2) is 0 Å². The van der Waals surface area contributed by atoms with Crippen molar-refractivity contribution in [3.05, 3.63) is 0 Å². The first-order valence-electron chi connectivity index (χ1n) is 2.42. The number of aliphatic hydroxyl groups excluding tert-OH is 1. The van der Waals surface area contributed by atoms with Crippen LogP contribution in [0.3, 0.4) is 0 Å². The molecule has 0 rings (SSSR count). The largest absolute Gasteiger partial charge is 0.465 e. The van der Waals surface area contributed by atoms with E-state index in [1.54, 1.807) is 0 Å². The summed E-state index contributed by atoms with van der Waals surface area (Å²) in [5.41, 5.74) is 0. The SMILES string of the molecule is O=C(O)N[C@H](CO)CS. The summed E-state index contributed by atoms with van der Waals surface area (Å²) < 4.78 is 0. The Morgan fingerprint density at radius 2 is 2.33 bits per heavy atom. The lowest BCUT2D eigenvalue weighted by atomic mass is 10.4. The fourth-order valence-electron chi connectivity index (χ4n) is 0.324. The van der Waals surface area contributed by atoms with Gasteiger partial charge in [-0.2, -0.15) is 12.6 Å². The second-order valence-corrected chi connectivity index (χ2v) is 1.88. The molecule has 0 aromatic rings. The van der Waals surface area contributed by atoms with E-state index >= 15 is 0 Å². The van der Waals surface area contributed by atoms with E-state index in [9.17, 15) is 4.79 Å². The van der Waals surface area contributed by atoms with Crippen LogP contribution < -0.4 is 5.32 Å². The van der Waals surface area contributed by atoms with Gasteiger partial charge in [-0.1, -0.05) is 0 Å². The van der Waals surface area contributed by atoms with Gasteiger partial charge in [-0.05, 0) is 0 Å². The van der Waals surface area contributed by atoms with Crippen molar-refractivity contribution < 1.29 is 15.0 Å². The van der Waals surface area contributed by atoms with Crippen LogP contribution in [0, 0.1) is 0 Å². The summed E-state index contributed by atoms with van der Waals surface area (Å²) in [7, 11) is 0. The maximum Gasteiger partial charge on any atom is 0.404 e. The van der Waals surface area contributed by atoms with E-state index in [4.69, 9.17) is 10.2 Å². The molecule has 0 unspecified atom stereocenters. The molecule has 0 bridgehead atoms. The molecule has 0 saturated heterocycles. The van der Waals surface area contributed by atoms with Gasteiger partial charge in [0.2, 0.25) is 0 Å². The van der Waals surface area contributed by atoms with E-state index in [0.29, 0.717) is 5.75 Å². The zero-order chi connectivity index (χ0) is 7.28. The van der Waals surface area contributed by atoms with Crippen molar-refractivity contribution in [2.45, 2.75) is 6.04 Å². The average molecular weight is 151 g/mol. The minimum atomic E-state index is -1.14. The van der Waals surface area contributed by atoms with Crippen molar-refractivity contribution in [2.75, 3.05) is 12.4 Å². The number of amides is 1. The topological polar surface area (TPSA) is 69.6 Å². The third-order valence-electron chi connectivity index (χ3n) is 0.768. The molecule has 0 aromatic carbocycles. The summed E-state index contributed by atoms with van der Waals surface area (Å²) in [6.45, 7) is -0.212. The van der Waals surface area contributed by atoms with Crippen LogP contribution in [0.1, 0.15) is 0 Å². The molecule has 0 saturated carbocycles. The number of thiol groups is 1. The Labute approximate surface area is 58.3 Å². The van der Waals surface area contributed by atoms with Crippen molar-refractivity contribution in [3.63, 3.8) is 0 Å². The van der Waals surface area contributed by atoms with Gasteiger partial charge in [-0.3, -0.25) is 0 Å². The van der Waals surface area contributed by atoms with E-state index in [1.165, 1.54) is 0 Å². The molecule has 5 heteroatoms. The van der Waals surface area contributed by atoms with Gasteiger partial charge in [-0.25, -0.2) is 4.79 Å². The van der Waals surface area contributed by atoms with Gasteiger partial charge in [-0.15, -0.1) is 0 Å². The number of aliphatic hydroxyl groups is 1. The Morgan fingerprint density at radius 1 is 1.78 bits per heavy atom. The Balaban J connectivity index is 3.43. The second kappa shape index (κ2) is 4.46. The molecular formula is C4H9NO3S. The highest BCUT2D eigenvalue weighted by atomic mass is 32.1. The standard InChI is InChI=1S/C4H9NO3S/c6-1-3(2-9)5-4(7)8/h3,5-6,9H,1-2H2,(H,7,8)/t3-/m1/s1. The van der Waals surface area contributed by atoms with Crippen molar-refractivity contribution in [1.29, 1.82) is 0 Å². The highest BCUT2D eigenvalue weighted by molar-refractivity contribution is 7.80. The lowest BCUT2D eigenvalue weighted by Crippen LogP contribution is -2.37. The van der Waals surface area contributed by atoms with Gasteiger partial charge < -0.3 is 15.5 Å². The molecule has 3 N–H and O–H groups in total. The van der Waals surface area contributed by atoms with E-state index in [2.05, 4.69) is 17.9 Å². The third kappa shape index (κ3) is 4.11. The lowest BCUT2D eigenvalue weighted by molar-refractivity contribution is 0.181. The molecule has 1 amide bonds. The number of hydrogen-bond acceptors (Lipinski definition) is 3. The van der Waals surface area contributed by atoms with Crippen LogP contribution in [0.5, 0.6) is 0 Å². The van der Waals surface area contributed by atoms with Crippen molar-refractivity contribution in [1.82, 2.24) is 5.32 Å². The number of carboxylic acid groups (broad SMARTS) is 1. The maximum absolute atomic E-state index is 9.87. The summed E-state index contributed by atoms with van der Waals surface area (Å²) in [6.07, 6.45) is -1.14. The highest BCUT2D eigenvalue weighted by Gasteiger charge is 2.05. The van der Waals surface area contributed by atoms with E-state index in [-0.39, 0.29) is 6.61 Å². The first-order chi connectivity index (χ1) is 4.20. The number of nitrogens with one attached hydrogen (secondary N) is 1. The molecule has 9 heavy (non-hydrogen) atoms. The molecule has 54 valence electrons. The molecule has 0 spiro atoms. The predicted molar refractivity (Wildman–Crippen MR) is 35.9 cm³/mol. The van der Waals surface area contributed by atoms with Gasteiger partial charge in [0.05, 0.1) is 12.6 Å². The summed E-state index contributed by atoms with van der Waals surface area (Å²) >= 11 is 3.78. The molecule has 0 radical (unpaired) electrons. The smallest absolute Gasteiger partial charge is 0.404 e. The zero-order valence-corrected chi connectivity index (χ0v) is 5.64. The van der Waals surface area contributed by atoms with Crippen LogP contribution >= 0.6 is 12.6 Å². The van der Waals surface area contributed by atoms with Crippen LogP contribution in [0.15, 0.2) is 0 Å². The minimum Gasteiger partial charge on any atom is -0.465 e. The normalized spacial score (nSPS) is 12.7.